The molecule has 0 aliphatic carbocycles. The molecule has 1 aromatic heterocycles. The minimum atomic E-state index is -3.58. The van der Waals surface area contributed by atoms with Crippen molar-refractivity contribution in [2.75, 3.05) is 31.1 Å². The van der Waals surface area contributed by atoms with Crippen LogP contribution in [0.1, 0.15) is 48.2 Å². The van der Waals surface area contributed by atoms with Crippen LogP contribution in [0.15, 0.2) is 41.3 Å². The number of sulfonamides is 1. The van der Waals surface area contributed by atoms with E-state index in [-0.39, 0.29) is 16.9 Å². The Hall–Kier alpha value is -2.33. The van der Waals surface area contributed by atoms with Crippen LogP contribution < -0.4 is 4.90 Å². The predicted octanol–water partition coefficient (Wildman–Crippen LogP) is 4.77. The lowest BCUT2D eigenvalue weighted by atomic mass is 10.1. The standard InChI is InChI=1S/C25H31N3O4S2/c1-5-27(6-2)34(30,31)21-11-9-19(10-12-21)24(29)28(16-20-8-7-13-32-20)25-26-22-15-17(3)14-18(4)23(22)33-25/h9-12,14-15,20H,5-8,13,16H2,1-4H3. The lowest BCUT2D eigenvalue weighted by molar-refractivity contribution is 0.0917. The van der Waals surface area contributed by atoms with Crippen molar-refractivity contribution >= 4 is 42.6 Å². The van der Waals surface area contributed by atoms with Crippen LogP contribution in [0.25, 0.3) is 10.2 Å². The number of nitrogens with zero attached hydrogens (tertiary/aromatic N) is 3. The Balaban J connectivity index is 1.68. The SMILES string of the molecule is CCN(CC)S(=O)(=O)c1ccc(C(=O)N(CC2CCCO2)c2nc3cc(C)cc(C)c3s2)cc1. The molecule has 2 aromatic carbocycles. The summed E-state index contributed by atoms with van der Waals surface area (Å²) in [6.45, 7) is 9.61. The van der Waals surface area contributed by atoms with Gasteiger partial charge in [0.25, 0.3) is 5.91 Å². The van der Waals surface area contributed by atoms with Crippen molar-refractivity contribution in [1.82, 2.24) is 9.29 Å². The van der Waals surface area contributed by atoms with Crippen LogP contribution in [0.3, 0.4) is 0 Å². The average molecular weight is 502 g/mol. The first-order chi connectivity index (χ1) is 16.2. The van der Waals surface area contributed by atoms with Gasteiger partial charge in [-0.1, -0.05) is 31.3 Å². The Labute approximate surface area is 205 Å². The topological polar surface area (TPSA) is 79.8 Å². The van der Waals surface area contributed by atoms with Gasteiger partial charge >= 0.3 is 0 Å². The third-order valence-corrected chi connectivity index (χ3v) is 9.43. The van der Waals surface area contributed by atoms with Crippen molar-refractivity contribution in [2.24, 2.45) is 0 Å². The zero-order valence-corrected chi connectivity index (χ0v) is 21.7. The van der Waals surface area contributed by atoms with Gasteiger partial charge in [-0.2, -0.15) is 4.31 Å². The van der Waals surface area contributed by atoms with Gasteiger partial charge < -0.3 is 4.74 Å². The fourth-order valence-corrected chi connectivity index (χ4v) is 6.84. The zero-order valence-electron chi connectivity index (χ0n) is 20.1. The summed E-state index contributed by atoms with van der Waals surface area (Å²) in [6, 6.07) is 10.3. The molecule has 1 unspecified atom stereocenters. The highest BCUT2D eigenvalue weighted by Crippen LogP contribution is 2.33. The Morgan fingerprint density at radius 3 is 2.47 bits per heavy atom. The molecule has 4 rings (SSSR count). The fraction of sp³-hybridized carbons (Fsp3) is 0.440. The van der Waals surface area contributed by atoms with E-state index in [1.165, 1.54) is 27.8 Å². The van der Waals surface area contributed by atoms with E-state index in [1.807, 2.05) is 26.8 Å². The minimum Gasteiger partial charge on any atom is -0.376 e. The van der Waals surface area contributed by atoms with E-state index in [9.17, 15) is 13.2 Å². The molecule has 1 atom stereocenters. The van der Waals surface area contributed by atoms with Crippen molar-refractivity contribution in [3.8, 4) is 0 Å². The second kappa shape index (κ2) is 10.1. The van der Waals surface area contributed by atoms with Gasteiger partial charge in [0, 0.05) is 25.3 Å². The summed E-state index contributed by atoms with van der Waals surface area (Å²) in [5.41, 5.74) is 3.56. The van der Waals surface area contributed by atoms with Gasteiger partial charge in [-0.25, -0.2) is 13.4 Å². The number of aromatic nitrogens is 1. The molecular weight excluding hydrogens is 470 g/mol. The van der Waals surface area contributed by atoms with E-state index in [2.05, 4.69) is 13.0 Å². The molecule has 0 spiro atoms. The molecule has 0 saturated carbocycles. The summed E-state index contributed by atoms with van der Waals surface area (Å²) in [6.07, 6.45) is 1.83. The predicted molar refractivity (Wildman–Crippen MR) is 136 cm³/mol. The molecule has 1 amide bonds. The van der Waals surface area contributed by atoms with Gasteiger partial charge in [-0.05, 0) is 68.1 Å². The molecule has 9 heteroatoms. The van der Waals surface area contributed by atoms with Gasteiger partial charge in [-0.15, -0.1) is 0 Å². The van der Waals surface area contributed by atoms with Gasteiger partial charge in [-0.3, -0.25) is 9.69 Å². The number of rotatable bonds is 8. The number of amides is 1. The lowest BCUT2D eigenvalue weighted by Crippen LogP contribution is -2.37. The molecule has 1 saturated heterocycles. The average Bonchev–Trinajstić information content (AvgIpc) is 3.47. The van der Waals surface area contributed by atoms with Crippen molar-refractivity contribution in [1.29, 1.82) is 0 Å². The molecule has 0 radical (unpaired) electrons. The zero-order chi connectivity index (χ0) is 24.5. The van der Waals surface area contributed by atoms with E-state index < -0.39 is 10.0 Å². The number of hydrogen-bond acceptors (Lipinski definition) is 6. The number of aryl methyl sites for hydroxylation is 2. The van der Waals surface area contributed by atoms with E-state index in [0.717, 1.165) is 34.2 Å². The smallest absolute Gasteiger partial charge is 0.260 e. The number of fused-ring (bicyclic) bond motifs is 1. The Kier molecular flexibility index (Phi) is 7.37. The van der Waals surface area contributed by atoms with Crippen molar-refractivity contribution in [3.63, 3.8) is 0 Å². The Morgan fingerprint density at radius 2 is 1.85 bits per heavy atom. The van der Waals surface area contributed by atoms with Crippen LogP contribution >= 0.6 is 11.3 Å². The molecule has 0 bridgehead atoms. The largest absolute Gasteiger partial charge is 0.376 e. The number of benzene rings is 2. The number of carbonyl (C=O) groups excluding carboxylic acids is 1. The number of anilines is 1. The van der Waals surface area contributed by atoms with E-state index in [0.29, 0.717) is 36.9 Å². The molecular formula is C25H31N3O4S2. The monoisotopic (exact) mass is 501 g/mol. The summed E-state index contributed by atoms with van der Waals surface area (Å²) >= 11 is 1.50. The Bertz CT molecular complexity index is 1280. The van der Waals surface area contributed by atoms with Gasteiger partial charge in [0.2, 0.25) is 10.0 Å². The molecule has 0 N–H and O–H groups in total. The van der Waals surface area contributed by atoms with E-state index in [4.69, 9.17) is 9.72 Å². The number of carbonyl (C=O) groups is 1. The highest BCUT2D eigenvalue weighted by atomic mass is 32.2. The van der Waals surface area contributed by atoms with E-state index >= 15 is 0 Å². The Morgan fingerprint density at radius 1 is 1.15 bits per heavy atom. The van der Waals surface area contributed by atoms with E-state index in [1.54, 1.807) is 17.0 Å². The minimum absolute atomic E-state index is 0.0406. The maximum Gasteiger partial charge on any atom is 0.260 e. The van der Waals surface area contributed by atoms with Gasteiger partial charge in [0.05, 0.1) is 27.8 Å². The fourth-order valence-electron chi connectivity index (χ4n) is 4.36. The molecule has 7 nitrogen and oxygen atoms in total. The molecule has 2 heterocycles. The molecule has 1 aliphatic rings. The highest BCUT2D eigenvalue weighted by Gasteiger charge is 2.28. The third-order valence-electron chi connectivity index (χ3n) is 6.14. The summed E-state index contributed by atoms with van der Waals surface area (Å²) < 4.78 is 33.9. The quantitative estimate of drug-likeness (QED) is 0.444. The van der Waals surface area contributed by atoms with Gasteiger partial charge in [0.1, 0.15) is 0 Å². The maximum absolute atomic E-state index is 13.6. The number of thiazole rings is 1. The van der Waals surface area contributed by atoms with Crippen LogP contribution in [0.2, 0.25) is 0 Å². The first-order valence-electron chi connectivity index (χ1n) is 11.7. The third kappa shape index (κ3) is 4.88. The number of ether oxygens (including phenoxy) is 1. The second-order valence-electron chi connectivity index (χ2n) is 8.59. The summed E-state index contributed by atoms with van der Waals surface area (Å²) in [5.74, 6) is -0.212. The molecule has 1 fully saturated rings. The normalized spacial score (nSPS) is 16.4. The van der Waals surface area contributed by atoms with Crippen LogP contribution in [0.4, 0.5) is 5.13 Å². The van der Waals surface area contributed by atoms with Crippen molar-refractivity contribution in [2.45, 2.75) is 51.5 Å². The van der Waals surface area contributed by atoms with Gasteiger partial charge in [0.15, 0.2) is 5.13 Å². The lowest BCUT2D eigenvalue weighted by Gasteiger charge is -2.23. The van der Waals surface area contributed by atoms with Crippen LogP contribution in [0.5, 0.6) is 0 Å². The number of hydrogen-bond donors (Lipinski definition) is 0. The molecule has 3 aromatic rings. The molecule has 34 heavy (non-hydrogen) atoms. The van der Waals surface area contributed by atoms with Crippen LogP contribution in [-0.2, 0) is 14.8 Å². The molecule has 182 valence electrons. The first kappa shape index (κ1) is 24.8. The van der Waals surface area contributed by atoms with Crippen molar-refractivity contribution in [3.05, 3.63) is 53.1 Å². The first-order valence-corrected chi connectivity index (χ1v) is 13.9. The highest BCUT2D eigenvalue weighted by molar-refractivity contribution is 7.89. The maximum atomic E-state index is 13.6. The van der Waals surface area contributed by atoms with Crippen molar-refractivity contribution < 1.29 is 17.9 Å². The second-order valence-corrected chi connectivity index (χ2v) is 11.5. The summed E-state index contributed by atoms with van der Waals surface area (Å²) in [5, 5.41) is 0.629. The van der Waals surface area contributed by atoms with Crippen LogP contribution in [0, 0.1) is 13.8 Å². The van der Waals surface area contributed by atoms with Crippen LogP contribution in [-0.4, -0.2) is 56.0 Å². The summed E-state index contributed by atoms with van der Waals surface area (Å²) in [7, 11) is -3.58. The summed E-state index contributed by atoms with van der Waals surface area (Å²) in [4.78, 5) is 20.3. The molecule has 1 aliphatic heterocycles.